The largest absolute Gasteiger partial charge is 0.493 e. The summed E-state index contributed by atoms with van der Waals surface area (Å²) in [6, 6.07) is 14.4. The van der Waals surface area contributed by atoms with Gasteiger partial charge in [0, 0.05) is 28.0 Å². The highest BCUT2D eigenvalue weighted by Gasteiger charge is 2.47. The van der Waals surface area contributed by atoms with Crippen LogP contribution in [0.5, 0.6) is 5.75 Å². The zero-order valence-corrected chi connectivity index (χ0v) is 20.6. The Morgan fingerprint density at radius 2 is 1.73 bits per heavy atom. The van der Waals surface area contributed by atoms with E-state index in [0.29, 0.717) is 18.0 Å². The smallest absolute Gasteiger partial charge is 0.247 e. The summed E-state index contributed by atoms with van der Waals surface area (Å²) in [5, 5.41) is 8.69. The van der Waals surface area contributed by atoms with Gasteiger partial charge in [0.05, 0.1) is 12.8 Å². The summed E-state index contributed by atoms with van der Waals surface area (Å²) >= 11 is 0. The first-order chi connectivity index (χ1) is 17.8. The van der Waals surface area contributed by atoms with E-state index in [2.05, 4.69) is 32.5 Å². The third-order valence-electron chi connectivity index (χ3n) is 7.44. The van der Waals surface area contributed by atoms with Crippen molar-refractivity contribution in [3.8, 4) is 5.75 Å². The lowest BCUT2D eigenvalue weighted by Gasteiger charge is -2.51. The molecule has 0 radical (unpaired) electrons. The van der Waals surface area contributed by atoms with Gasteiger partial charge in [0.25, 0.3) is 0 Å². The predicted octanol–water partition coefficient (Wildman–Crippen LogP) is 5.66. The van der Waals surface area contributed by atoms with E-state index in [9.17, 15) is 9.18 Å². The number of nitrogens with zero attached hydrogens (tertiary/aromatic N) is 2. The van der Waals surface area contributed by atoms with Crippen LogP contribution in [0, 0.1) is 11.2 Å². The molecule has 0 unspecified atom stereocenters. The van der Waals surface area contributed by atoms with Crippen molar-refractivity contribution in [3.63, 3.8) is 0 Å². The van der Waals surface area contributed by atoms with Crippen molar-refractivity contribution >= 4 is 34.7 Å². The van der Waals surface area contributed by atoms with Gasteiger partial charge in [-0.3, -0.25) is 4.79 Å². The molecule has 37 heavy (non-hydrogen) atoms. The molecule has 2 aromatic carbocycles. The zero-order valence-electron chi connectivity index (χ0n) is 20.6. The monoisotopic (exact) mass is 502 g/mol. The number of halogens is 1. The number of anilines is 5. The second-order valence-corrected chi connectivity index (χ2v) is 10.1. The molecule has 0 aliphatic heterocycles. The van der Waals surface area contributed by atoms with Crippen LogP contribution < -0.4 is 26.4 Å². The lowest BCUT2D eigenvalue weighted by atomic mass is 9.58. The molecular weight excluding hydrogens is 471 g/mol. The molecular formula is C28H31FN6O2. The van der Waals surface area contributed by atoms with Gasteiger partial charge in [-0.2, -0.15) is 4.98 Å². The Morgan fingerprint density at radius 3 is 2.43 bits per heavy atom. The highest BCUT2D eigenvalue weighted by atomic mass is 19.1. The molecule has 6 rings (SSSR count). The first kappa shape index (κ1) is 24.7. The summed E-state index contributed by atoms with van der Waals surface area (Å²) in [5.41, 5.74) is 8.58. The Labute approximate surface area is 215 Å². The van der Waals surface area contributed by atoms with E-state index >= 15 is 0 Å². The Kier molecular flexibility index (Phi) is 6.80. The van der Waals surface area contributed by atoms with Crippen LogP contribution in [0.2, 0.25) is 0 Å². The minimum Gasteiger partial charge on any atom is -0.493 e. The third kappa shape index (κ3) is 5.89. The molecule has 1 amide bonds. The number of amides is 1. The number of fused-ring (bicyclic) bond motifs is 3. The van der Waals surface area contributed by atoms with E-state index < -0.39 is 5.82 Å². The van der Waals surface area contributed by atoms with Gasteiger partial charge >= 0.3 is 0 Å². The number of ether oxygens (including phenoxy) is 1. The van der Waals surface area contributed by atoms with Gasteiger partial charge in [-0.15, -0.1) is 0 Å². The Hall–Kier alpha value is -3.98. The highest BCUT2D eigenvalue weighted by Crippen LogP contribution is 2.51. The number of aromatic nitrogens is 2. The Balaban J connectivity index is 1.20. The van der Waals surface area contributed by atoms with Crippen LogP contribution in [0.15, 0.2) is 67.4 Å². The second kappa shape index (κ2) is 10.2. The van der Waals surface area contributed by atoms with Gasteiger partial charge in [0.2, 0.25) is 11.9 Å². The summed E-state index contributed by atoms with van der Waals surface area (Å²) in [7, 11) is 0. The number of nitrogens with one attached hydrogen (secondary N) is 3. The second-order valence-electron chi connectivity index (χ2n) is 10.1. The fourth-order valence-corrected chi connectivity index (χ4v) is 5.03. The molecule has 0 atom stereocenters. The van der Waals surface area contributed by atoms with Gasteiger partial charge in [-0.1, -0.05) is 12.6 Å². The van der Waals surface area contributed by atoms with Gasteiger partial charge in [-0.05, 0) is 87.1 Å². The lowest BCUT2D eigenvalue weighted by Crippen LogP contribution is -2.53. The van der Waals surface area contributed by atoms with Crippen LogP contribution in [-0.2, 0) is 4.79 Å². The molecule has 3 aliphatic carbocycles. The van der Waals surface area contributed by atoms with Crippen LogP contribution >= 0.6 is 0 Å². The topological polar surface area (TPSA) is 114 Å². The van der Waals surface area contributed by atoms with Crippen molar-refractivity contribution in [1.29, 1.82) is 0 Å². The number of carbonyl (C=O) groups excluding carboxylic acids is 1. The first-order valence-electron chi connectivity index (χ1n) is 12.5. The Bertz CT molecular complexity index is 1270. The molecule has 3 aromatic rings. The molecule has 9 heteroatoms. The van der Waals surface area contributed by atoms with Crippen LogP contribution in [0.1, 0.15) is 38.5 Å². The number of rotatable bonds is 9. The fraction of sp³-hybridized carbons (Fsp3) is 0.321. The van der Waals surface area contributed by atoms with Gasteiger partial charge in [-0.25, -0.2) is 9.37 Å². The molecule has 2 bridgehead atoms. The maximum absolute atomic E-state index is 14.4. The number of hydrogen-bond acceptors (Lipinski definition) is 7. The summed E-state index contributed by atoms with van der Waals surface area (Å²) in [4.78, 5) is 19.9. The van der Waals surface area contributed by atoms with Gasteiger partial charge in [0.15, 0.2) is 11.6 Å². The minimum atomic E-state index is -0.605. The van der Waals surface area contributed by atoms with Crippen molar-refractivity contribution in [2.75, 3.05) is 22.6 Å². The molecule has 1 heterocycles. The summed E-state index contributed by atoms with van der Waals surface area (Å²) < 4.78 is 20.6. The van der Waals surface area contributed by atoms with Gasteiger partial charge < -0.3 is 26.4 Å². The molecule has 1 aromatic heterocycles. The quantitative estimate of drug-likeness (QED) is 0.279. The maximum atomic E-state index is 14.4. The molecule has 3 aliphatic rings. The van der Waals surface area contributed by atoms with Crippen molar-refractivity contribution in [3.05, 3.63) is 73.2 Å². The third-order valence-corrected chi connectivity index (χ3v) is 7.44. The standard InChI is InChI=1S/C28H31FN6O2/c1-2-24(36)32-20-4-3-5-21(16-20)33-25-23(29)17-31-26(35-25)34-19-6-8-22(9-7-19)37-18-27-10-13-28(30,14-11-27)15-12-27/h2-9,16-17H,1,10-15,18,30H2,(H,32,36)(H2,31,33,34,35). The fourth-order valence-electron chi connectivity index (χ4n) is 5.03. The number of benzene rings is 2. The molecule has 8 nitrogen and oxygen atoms in total. The zero-order chi connectivity index (χ0) is 25.9. The number of hydrogen-bond donors (Lipinski definition) is 4. The SMILES string of the molecule is C=CC(=O)Nc1cccc(Nc2nc(Nc3ccc(OCC45CCC(N)(CC4)CC5)cc3)ncc2F)c1. The van der Waals surface area contributed by atoms with E-state index in [4.69, 9.17) is 10.5 Å². The van der Waals surface area contributed by atoms with Crippen molar-refractivity contribution in [1.82, 2.24) is 9.97 Å². The van der Waals surface area contributed by atoms with E-state index in [-0.39, 0.29) is 28.6 Å². The average Bonchev–Trinajstić information content (AvgIpc) is 2.91. The predicted molar refractivity (Wildman–Crippen MR) is 143 cm³/mol. The molecule has 0 spiro atoms. The van der Waals surface area contributed by atoms with Crippen LogP contribution in [0.3, 0.4) is 0 Å². The van der Waals surface area contributed by atoms with Crippen molar-refractivity contribution < 1.29 is 13.9 Å². The summed E-state index contributed by atoms with van der Waals surface area (Å²) in [5.74, 6) is 0.110. The minimum absolute atomic E-state index is 0.00497. The lowest BCUT2D eigenvalue weighted by molar-refractivity contribution is -0.111. The number of nitrogens with two attached hydrogens (primary N) is 1. The molecule has 5 N–H and O–H groups in total. The molecule has 3 saturated carbocycles. The molecule has 3 fully saturated rings. The van der Waals surface area contributed by atoms with E-state index in [1.54, 1.807) is 24.3 Å². The average molecular weight is 503 g/mol. The van der Waals surface area contributed by atoms with Crippen LogP contribution in [-0.4, -0.2) is 28.0 Å². The molecule has 0 saturated heterocycles. The first-order valence-corrected chi connectivity index (χ1v) is 12.5. The van der Waals surface area contributed by atoms with Crippen LogP contribution in [0.4, 0.5) is 33.2 Å². The summed E-state index contributed by atoms with van der Waals surface area (Å²) in [6.45, 7) is 4.15. The van der Waals surface area contributed by atoms with E-state index in [0.717, 1.165) is 56.2 Å². The van der Waals surface area contributed by atoms with Gasteiger partial charge in [0.1, 0.15) is 5.75 Å². The molecule has 192 valence electrons. The van der Waals surface area contributed by atoms with Crippen molar-refractivity contribution in [2.24, 2.45) is 11.1 Å². The maximum Gasteiger partial charge on any atom is 0.247 e. The van der Waals surface area contributed by atoms with Crippen LogP contribution in [0.25, 0.3) is 0 Å². The Morgan fingerprint density at radius 1 is 1.03 bits per heavy atom. The van der Waals surface area contributed by atoms with E-state index in [1.165, 1.54) is 6.08 Å². The van der Waals surface area contributed by atoms with Crippen molar-refractivity contribution in [2.45, 2.75) is 44.1 Å². The normalized spacial score (nSPS) is 22.2. The number of carbonyl (C=O) groups is 1. The highest BCUT2D eigenvalue weighted by molar-refractivity contribution is 5.99. The van der Waals surface area contributed by atoms with E-state index in [1.807, 2.05) is 24.3 Å². The summed E-state index contributed by atoms with van der Waals surface area (Å²) in [6.07, 6.45) is 8.94.